The lowest BCUT2D eigenvalue weighted by Gasteiger charge is -2.22. The zero-order valence-electron chi connectivity index (χ0n) is 14.8. The van der Waals surface area contributed by atoms with Gasteiger partial charge in [0.1, 0.15) is 12.1 Å². The monoisotopic (exact) mass is 334 g/mol. The maximum atomic E-state index is 13.6. The molecule has 1 aromatic rings. The largest absolute Gasteiger partial charge is 0.455 e. The van der Waals surface area contributed by atoms with Crippen molar-refractivity contribution in [2.75, 3.05) is 13.6 Å². The van der Waals surface area contributed by atoms with Gasteiger partial charge in [-0.05, 0) is 52.2 Å². The number of unbranched alkanes of at least 4 members (excludes halogenated alkanes) is 2. The standard InChI is InChI=1S/C18H25FN3O2/c1-6-7-8-9-12-22(5)16-13(10-11-14(19)20-16)15(21-22)17(23)24-18(2,3)4/h6,10-11H,1,7-9,12H2,2-5H3/q+1. The van der Waals surface area contributed by atoms with Gasteiger partial charge in [-0.3, -0.25) is 0 Å². The van der Waals surface area contributed by atoms with Crippen LogP contribution < -0.4 is 4.59 Å². The van der Waals surface area contributed by atoms with Gasteiger partial charge in [-0.25, -0.2) is 4.79 Å². The molecule has 1 aromatic heterocycles. The van der Waals surface area contributed by atoms with Crippen molar-refractivity contribution in [3.05, 3.63) is 36.3 Å². The number of esters is 1. The summed E-state index contributed by atoms with van der Waals surface area (Å²) in [6, 6.07) is 2.79. The van der Waals surface area contributed by atoms with Crippen molar-refractivity contribution in [2.45, 2.75) is 45.6 Å². The summed E-state index contributed by atoms with van der Waals surface area (Å²) in [6.07, 6.45) is 4.60. The van der Waals surface area contributed by atoms with Crippen molar-refractivity contribution in [3.8, 4) is 0 Å². The van der Waals surface area contributed by atoms with Crippen LogP contribution in [-0.4, -0.2) is 35.9 Å². The number of aromatic nitrogens is 1. The number of nitrogens with zero attached hydrogens (tertiary/aromatic N) is 3. The van der Waals surface area contributed by atoms with Crippen LogP contribution in [0.1, 0.15) is 45.6 Å². The third-order valence-electron chi connectivity index (χ3n) is 3.72. The number of allylic oxidation sites excluding steroid dienone is 1. The topological polar surface area (TPSA) is 51.5 Å². The van der Waals surface area contributed by atoms with Gasteiger partial charge in [-0.15, -0.1) is 6.58 Å². The van der Waals surface area contributed by atoms with Gasteiger partial charge in [0, 0.05) is 0 Å². The van der Waals surface area contributed by atoms with E-state index in [1.54, 1.807) is 26.8 Å². The summed E-state index contributed by atoms with van der Waals surface area (Å²) in [4.78, 5) is 16.5. The van der Waals surface area contributed by atoms with Crippen LogP contribution in [0.2, 0.25) is 0 Å². The average Bonchev–Trinajstić information content (AvgIpc) is 2.76. The van der Waals surface area contributed by atoms with E-state index in [0.717, 1.165) is 19.3 Å². The van der Waals surface area contributed by atoms with E-state index in [1.807, 2.05) is 13.1 Å². The van der Waals surface area contributed by atoms with Crippen molar-refractivity contribution >= 4 is 17.5 Å². The van der Waals surface area contributed by atoms with Gasteiger partial charge < -0.3 is 4.74 Å². The second kappa shape index (κ2) is 6.81. The van der Waals surface area contributed by atoms with Gasteiger partial charge in [0.25, 0.3) is 5.82 Å². The van der Waals surface area contributed by atoms with E-state index in [9.17, 15) is 9.18 Å². The molecule has 0 spiro atoms. The second-order valence-corrected chi connectivity index (χ2v) is 7.10. The first kappa shape index (κ1) is 18.3. The number of rotatable bonds is 6. The number of hydrogen-bond donors (Lipinski definition) is 0. The van der Waals surface area contributed by atoms with Crippen molar-refractivity contribution in [1.29, 1.82) is 0 Å². The average molecular weight is 334 g/mol. The summed E-state index contributed by atoms with van der Waals surface area (Å²) in [5.74, 6) is -0.635. The van der Waals surface area contributed by atoms with E-state index < -0.39 is 17.5 Å². The molecule has 130 valence electrons. The Kier molecular flexibility index (Phi) is 5.18. The number of pyridine rings is 1. The Balaban J connectivity index is 2.33. The first-order valence-corrected chi connectivity index (χ1v) is 8.14. The molecular weight excluding hydrogens is 309 g/mol. The molecular formula is C18H25FN3O2+. The van der Waals surface area contributed by atoms with E-state index in [4.69, 9.17) is 4.74 Å². The highest BCUT2D eigenvalue weighted by atomic mass is 19.1. The number of fused-ring (bicyclic) bond motifs is 1. The molecule has 0 radical (unpaired) electrons. The van der Waals surface area contributed by atoms with Crippen LogP contribution in [0, 0.1) is 5.95 Å². The van der Waals surface area contributed by atoms with Gasteiger partial charge in [0.2, 0.25) is 11.7 Å². The second-order valence-electron chi connectivity index (χ2n) is 7.10. The molecule has 2 heterocycles. The van der Waals surface area contributed by atoms with Crippen LogP contribution in [0.4, 0.5) is 10.2 Å². The molecule has 6 heteroatoms. The Morgan fingerprint density at radius 3 is 2.71 bits per heavy atom. The molecule has 0 aliphatic carbocycles. The van der Waals surface area contributed by atoms with E-state index in [0.29, 0.717) is 17.9 Å². The SMILES string of the molecule is C=CCCCC[N+]1(C)N=C(C(=O)OC(C)(C)C)c2ccc(F)nc21. The van der Waals surface area contributed by atoms with Crippen LogP contribution >= 0.6 is 0 Å². The van der Waals surface area contributed by atoms with Crippen LogP contribution in [0.15, 0.2) is 29.9 Å². The molecule has 0 N–H and O–H groups in total. The maximum Gasteiger partial charge on any atom is 0.363 e. The highest BCUT2D eigenvalue weighted by Gasteiger charge is 2.43. The zero-order valence-corrected chi connectivity index (χ0v) is 14.8. The summed E-state index contributed by atoms with van der Waals surface area (Å²) in [5, 5.41) is 4.54. The molecule has 24 heavy (non-hydrogen) atoms. The van der Waals surface area contributed by atoms with E-state index in [-0.39, 0.29) is 10.3 Å². The molecule has 5 nitrogen and oxygen atoms in total. The lowest BCUT2D eigenvalue weighted by Crippen LogP contribution is -2.39. The summed E-state index contributed by atoms with van der Waals surface area (Å²) < 4.78 is 19.1. The minimum Gasteiger partial charge on any atom is -0.455 e. The normalized spacial score (nSPS) is 19.6. The lowest BCUT2D eigenvalue weighted by atomic mass is 10.1. The third kappa shape index (κ3) is 4.06. The van der Waals surface area contributed by atoms with Crippen molar-refractivity contribution in [2.24, 2.45) is 5.10 Å². The molecule has 0 amide bonds. The Labute approximate surface area is 142 Å². The van der Waals surface area contributed by atoms with Crippen molar-refractivity contribution in [1.82, 2.24) is 9.58 Å². The van der Waals surface area contributed by atoms with Crippen LogP contribution in [0.5, 0.6) is 0 Å². The Morgan fingerprint density at radius 2 is 2.08 bits per heavy atom. The van der Waals surface area contributed by atoms with Crippen molar-refractivity contribution < 1.29 is 13.9 Å². The summed E-state index contributed by atoms with van der Waals surface area (Å²) in [5.41, 5.74) is 0.124. The molecule has 1 aliphatic heterocycles. The zero-order chi connectivity index (χ0) is 18.0. The Hall–Kier alpha value is -2.08. The fraction of sp³-hybridized carbons (Fsp3) is 0.500. The van der Waals surface area contributed by atoms with Crippen LogP contribution in [-0.2, 0) is 9.53 Å². The highest BCUT2D eigenvalue weighted by Crippen LogP contribution is 2.33. The van der Waals surface area contributed by atoms with E-state index in [2.05, 4.69) is 16.7 Å². The first-order valence-electron chi connectivity index (χ1n) is 8.14. The highest BCUT2D eigenvalue weighted by molar-refractivity contribution is 6.45. The Morgan fingerprint density at radius 1 is 1.38 bits per heavy atom. The first-order chi connectivity index (χ1) is 11.2. The fourth-order valence-corrected chi connectivity index (χ4v) is 2.64. The van der Waals surface area contributed by atoms with Crippen LogP contribution in [0.3, 0.4) is 0 Å². The third-order valence-corrected chi connectivity index (χ3v) is 3.72. The van der Waals surface area contributed by atoms with Gasteiger partial charge in [-0.2, -0.15) is 14.0 Å². The summed E-state index contributed by atoms with van der Waals surface area (Å²) in [7, 11) is 1.83. The molecule has 1 unspecified atom stereocenters. The number of ether oxygens (including phenoxy) is 1. The minimum absolute atomic E-state index is 0.0544. The summed E-state index contributed by atoms with van der Waals surface area (Å²) >= 11 is 0. The maximum absolute atomic E-state index is 13.6. The molecule has 2 rings (SSSR count). The van der Waals surface area contributed by atoms with Gasteiger partial charge >= 0.3 is 5.97 Å². The summed E-state index contributed by atoms with van der Waals surface area (Å²) in [6.45, 7) is 9.73. The number of hydrogen-bond acceptors (Lipinski definition) is 4. The molecule has 0 bridgehead atoms. The van der Waals surface area contributed by atoms with E-state index in [1.165, 1.54) is 6.07 Å². The number of carbonyl (C=O) groups is 1. The molecule has 0 saturated heterocycles. The molecule has 0 saturated carbocycles. The van der Waals surface area contributed by atoms with Crippen LogP contribution in [0.25, 0.3) is 0 Å². The predicted octanol–water partition coefficient (Wildman–Crippen LogP) is 3.57. The molecule has 0 fully saturated rings. The van der Waals surface area contributed by atoms with E-state index >= 15 is 0 Å². The smallest absolute Gasteiger partial charge is 0.363 e. The quantitative estimate of drug-likeness (QED) is 0.263. The molecule has 1 atom stereocenters. The molecule has 1 aliphatic rings. The molecule has 0 aromatic carbocycles. The lowest BCUT2D eigenvalue weighted by molar-refractivity contribution is -0.146. The van der Waals surface area contributed by atoms with Gasteiger partial charge in [-0.1, -0.05) is 11.2 Å². The predicted molar refractivity (Wildman–Crippen MR) is 93.2 cm³/mol. The Bertz CT molecular complexity index is 679. The number of carbonyl (C=O) groups excluding carboxylic acids is 1. The minimum atomic E-state index is -0.622. The van der Waals surface area contributed by atoms with Gasteiger partial charge in [0.05, 0.1) is 12.6 Å². The number of quaternary nitrogens is 1. The number of halogens is 1. The van der Waals surface area contributed by atoms with Gasteiger partial charge in [0.15, 0.2) is 0 Å². The van der Waals surface area contributed by atoms with Crippen molar-refractivity contribution in [3.63, 3.8) is 0 Å². The fourth-order valence-electron chi connectivity index (χ4n) is 2.64.